The van der Waals surface area contributed by atoms with Crippen LogP contribution >= 0.6 is 11.6 Å². The fraction of sp³-hybridized carbons (Fsp3) is 0.478. The molecule has 1 aliphatic carbocycles. The van der Waals surface area contributed by atoms with E-state index in [1.807, 2.05) is 42.5 Å². The number of hydrogen-bond donors (Lipinski definition) is 1. The average molecular weight is 404 g/mol. The first kappa shape index (κ1) is 21.0. The van der Waals surface area contributed by atoms with E-state index < -0.39 is 0 Å². The van der Waals surface area contributed by atoms with Crippen molar-refractivity contribution in [2.24, 2.45) is 0 Å². The van der Waals surface area contributed by atoms with Crippen LogP contribution in [0.3, 0.4) is 0 Å². The molecule has 0 atom stereocenters. The van der Waals surface area contributed by atoms with Crippen molar-refractivity contribution in [2.45, 2.75) is 44.8 Å². The molecule has 2 aromatic rings. The monoisotopic (exact) mass is 403 g/mol. The molecule has 0 unspecified atom stereocenters. The Kier molecular flexibility index (Phi) is 8.95. The summed E-state index contributed by atoms with van der Waals surface area (Å²) in [6.45, 7) is 3.75. The molecule has 1 N–H and O–H groups in total. The number of nitrogens with one attached hydrogen (secondary N) is 1. The van der Waals surface area contributed by atoms with Crippen molar-refractivity contribution in [1.29, 1.82) is 0 Å². The summed E-state index contributed by atoms with van der Waals surface area (Å²) in [6, 6.07) is 15.9. The third-order valence-corrected chi connectivity index (χ3v) is 5.10. The minimum Gasteiger partial charge on any atom is -0.491 e. The summed E-state index contributed by atoms with van der Waals surface area (Å²) >= 11 is 6.34. The first-order valence-electron chi connectivity index (χ1n) is 10.2. The molecule has 152 valence electrons. The fourth-order valence-corrected chi connectivity index (χ4v) is 3.19. The Morgan fingerprint density at radius 3 is 2.57 bits per heavy atom. The number of hydrogen-bond acceptors (Lipinski definition) is 4. The third-order valence-electron chi connectivity index (χ3n) is 4.80. The summed E-state index contributed by atoms with van der Waals surface area (Å²) < 4.78 is 17.1. The lowest BCUT2D eigenvalue weighted by Gasteiger charge is -2.26. The van der Waals surface area contributed by atoms with Crippen molar-refractivity contribution in [2.75, 3.05) is 26.4 Å². The first-order chi connectivity index (χ1) is 13.8. The number of benzene rings is 2. The van der Waals surface area contributed by atoms with E-state index >= 15 is 0 Å². The minimum absolute atomic E-state index is 0.355. The van der Waals surface area contributed by atoms with Gasteiger partial charge >= 0.3 is 0 Å². The van der Waals surface area contributed by atoms with Gasteiger partial charge in [0.25, 0.3) is 0 Å². The zero-order chi connectivity index (χ0) is 19.4. The summed E-state index contributed by atoms with van der Waals surface area (Å²) in [5.74, 6) is 1.70. The van der Waals surface area contributed by atoms with E-state index in [4.69, 9.17) is 25.8 Å². The zero-order valence-electron chi connectivity index (χ0n) is 16.4. The highest BCUT2D eigenvalue weighted by Gasteiger charge is 2.20. The van der Waals surface area contributed by atoms with Crippen LogP contribution in [0.2, 0.25) is 5.02 Å². The third kappa shape index (κ3) is 7.34. The lowest BCUT2D eigenvalue weighted by molar-refractivity contribution is 0.0974. The maximum atomic E-state index is 6.34. The summed E-state index contributed by atoms with van der Waals surface area (Å²) in [5, 5.41) is 4.16. The van der Waals surface area contributed by atoms with Gasteiger partial charge in [0.05, 0.1) is 17.7 Å². The van der Waals surface area contributed by atoms with E-state index in [2.05, 4.69) is 11.4 Å². The van der Waals surface area contributed by atoms with Crippen LogP contribution in [0.15, 0.2) is 48.5 Å². The molecule has 0 radical (unpaired) electrons. The molecule has 0 spiro atoms. The molecule has 0 saturated heterocycles. The van der Waals surface area contributed by atoms with E-state index in [1.54, 1.807) is 0 Å². The molecule has 1 fully saturated rings. The molecule has 0 bridgehead atoms. The second-order valence-electron chi connectivity index (χ2n) is 7.09. The molecular weight excluding hydrogens is 374 g/mol. The standard InChI is InChI=1S/C23H30ClNO3/c24-22-17-19(11-12-23(22)28-21-9-6-10-21)18-25-13-4-5-14-26-15-16-27-20-7-2-1-3-8-20/h1-3,7-8,11-12,17,21,25H,4-6,9-10,13-16,18H2. The van der Waals surface area contributed by atoms with Gasteiger partial charge in [-0.25, -0.2) is 0 Å². The number of unbranched alkanes of at least 4 members (excludes halogenated alkanes) is 1. The second kappa shape index (κ2) is 11.9. The number of rotatable bonds is 13. The molecule has 0 aromatic heterocycles. The van der Waals surface area contributed by atoms with Gasteiger partial charge in [0.2, 0.25) is 0 Å². The summed E-state index contributed by atoms with van der Waals surface area (Å²) in [6.07, 6.45) is 6.01. The largest absolute Gasteiger partial charge is 0.491 e. The Bertz CT molecular complexity index is 692. The normalized spacial score (nSPS) is 13.9. The lowest BCUT2D eigenvalue weighted by Crippen LogP contribution is -2.24. The fourth-order valence-electron chi connectivity index (χ4n) is 2.94. The summed E-state index contributed by atoms with van der Waals surface area (Å²) in [7, 11) is 0. The molecule has 0 amide bonds. The van der Waals surface area contributed by atoms with Crippen molar-refractivity contribution in [1.82, 2.24) is 5.32 Å². The topological polar surface area (TPSA) is 39.7 Å². The molecule has 1 aliphatic rings. The van der Waals surface area contributed by atoms with E-state index in [-0.39, 0.29) is 0 Å². The molecule has 0 aliphatic heterocycles. The van der Waals surface area contributed by atoms with Crippen LogP contribution < -0.4 is 14.8 Å². The summed E-state index contributed by atoms with van der Waals surface area (Å²) in [5.41, 5.74) is 1.18. The quantitative estimate of drug-likeness (QED) is 0.464. The maximum Gasteiger partial charge on any atom is 0.138 e. The Morgan fingerprint density at radius 2 is 1.82 bits per heavy atom. The van der Waals surface area contributed by atoms with Crippen LogP contribution in [0, 0.1) is 0 Å². The summed E-state index contributed by atoms with van der Waals surface area (Å²) in [4.78, 5) is 0. The Hall–Kier alpha value is -1.75. The van der Waals surface area contributed by atoms with Crippen LogP contribution in [-0.4, -0.2) is 32.5 Å². The molecule has 2 aromatic carbocycles. The van der Waals surface area contributed by atoms with Gasteiger partial charge in [0.15, 0.2) is 0 Å². The van der Waals surface area contributed by atoms with Crippen molar-refractivity contribution in [3.8, 4) is 11.5 Å². The van der Waals surface area contributed by atoms with E-state index in [1.165, 1.54) is 12.0 Å². The highest BCUT2D eigenvalue weighted by molar-refractivity contribution is 6.32. The minimum atomic E-state index is 0.355. The molecule has 1 saturated carbocycles. The average Bonchev–Trinajstić information content (AvgIpc) is 2.68. The predicted molar refractivity (Wildman–Crippen MR) is 113 cm³/mol. The van der Waals surface area contributed by atoms with Crippen molar-refractivity contribution in [3.05, 3.63) is 59.1 Å². The van der Waals surface area contributed by atoms with Crippen LogP contribution in [0.25, 0.3) is 0 Å². The van der Waals surface area contributed by atoms with Gasteiger partial charge in [0, 0.05) is 13.2 Å². The van der Waals surface area contributed by atoms with Gasteiger partial charge in [-0.2, -0.15) is 0 Å². The van der Waals surface area contributed by atoms with Crippen molar-refractivity contribution < 1.29 is 14.2 Å². The number of halogens is 1. The van der Waals surface area contributed by atoms with E-state index in [9.17, 15) is 0 Å². The lowest BCUT2D eigenvalue weighted by atomic mass is 9.96. The van der Waals surface area contributed by atoms with Gasteiger partial charge in [-0.1, -0.05) is 35.9 Å². The first-order valence-corrected chi connectivity index (χ1v) is 10.6. The number of ether oxygens (including phenoxy) is 3. The molecule has 28 heavy (non-hydrogen) atoms. The Morgan fingerprint density at radius 1 is 0.964 bits per heavy atom. The zero-order valence-corrected chi connectivity index (χ0v) is 17.1. The van der Waals surface area contributed by atoms with Crippen LogP contribution in [0.4, 0.5) is 0 Å². The highest BCUT2D eigenvalue weighted by atomic mass is 35.5. The predicted octanol–water partition coefficient (Wildman–Crippen LogP) is 5.24. The van der Waals surface area contributed by atoms with Gasteiger partial charge in [-0.05, 0) is 68.5 Å². The smallest absolute Gasteiger partial charge is 0.138 e. The van der Waals surface area contributed by atoms with Crippen LogP contribution in [0.1, 0.15) is 37.7 Å². The highest BCUT2D eigenvalue weighted by Crippen LogP contribution is 2.31. The Labute approximate surface area is 173 Å². The Balaban J connectivity index is 1.18. The van der Waals surface area contributed by atoms with Crippen molar-refractivity contribution in [3.63, 3.8) is 0 Å². The second-order valence-corrected chi connectivity index (χ2v) is 7.50. The molecule has 0 heterocycles. The number of para-hydroxylation sites is 1. The van der Waals surface area contributed by atoms with Gasteiger partial charge in [0.1, 0.15) is 18.1 Å². The van der Waals surface area contributed by atoms with Crippen LogP contribution in [-0.2, 0) is 11.3 Å². The SMILES string of the molecule is Clc1cc(CNCCCCOCCOc2ccccc2)ccc1OC1CCC1. The van der Waals surface area contributed by atoms with Gasteiger partial charge < -0.3 is 19.5 Å². The molecule has 5 heteroatoms. The molecule has 4 nitrogen and oxygen atoms in total. The van der Waals surface area contributed by atoms with Gasteiger partial charge in [-0.15, -0.1) is 0 Å². The molecular formula is C23H30ClNO3. The molecule has 3 rings (SSSR count). The van der Waals surface area contributed by atoms with Crippen molar-refractivity contribution >= 4 is 11.6 Å². The van der Waals surface area contributed by atoms with Crippen LogP contribution in [0.5, 0.6) is 11.5 Å². The van der Waals surface area contributed by atoms with E-state index in [0.717, 1.165) is 56.9 Å². The van der Waals surface area contributed by atoms with E-state index in [0.29, 0.717) is 24.3 Å². The maximum absolute atomic E-state index is 6.34. The van der Waals surface area contributed by atoms with Gasteiger partial charge in [-0.3, -0.25) is 0 Å².